The summed E-state index contributed by atoms with van der Waals surface area (Å²) in [6, 6.07) is 8.42. The molecule has 0 radical (unpaired) electrons. The maximum absolute atomic E-state index is 11.8. The highest BCUT2D eigenvalue weighted by molar-refractivity contribution is 7.99. The van der Waals surface area contributed by atoms with Crippen molar-refractivity contribution in [2.24, 2.45) is 0 Å². The van der Waals surface area contributed by atoms with Crippen molar-refractivity contribution in [3.63, 3.8) is 0 Å². The number of halogens is 1. The van der Waals surface area contributed by atoms with E-state index < -0.39 is 0 Å². The van der Waals surface area contributed by atoms with Crippen molar-refractivity contribution in [1.82, 2.24) is 10.6 Å². The van der Waals surface area contributed by atoms with Crippen LogP contribution in [0.1, 0.15) is 18.4 Å². The van der Waals surface area contributed by atoms with Gasteiger partial charge in [-0.2, -0.15) is 11.8 Å². The molecule has 1 amide bonds. The zero-order valence-corrected chi connectivity index (χ0v) is 14.6. The number of benzene rings is 1. The number of carbonyl (C=O) groups is 1. The summed E-state index contributed by atoms with van der Waals surface area (Å²) in [6.45, 7) is 1.74. The van der Waals surface area contributed by atoms with Crippen LogP contribution in [0.2, 0.25) is 0 Å². The molecule has 0 spiro atoms. The number of nitrogens with one attached hydrogen (secondary N) is 2. The predicted octanol–water partition coefficient (Wildman–Crippen LogP) is 2.26. The molecule has 2 rings (SSSR count). The average Bonchev–Trinajstić information content (AvgIpc) is 2.53. The van der Waals surface area contributed by atoms with Gasteiger partial charge in [-0.25, -0.2) is 0 Å². The second-order valence-corrected chi connectivity index (χ2v) is 6.38. The number of aryl methyl sites for hydroxylation is 1. The number of carbonyl (C=O) groups excluding carboxylic acids is 1. The van der Waals surface area contributed by atoms with Crippen molar-refractivity contribution in [1.29, 1.82) is 0 Å². The van der Waals surface area contributed by atoms with E-state index in [0.29, 0.717) is 12.5 Å². The molecule has 1 aromatic carbocycles. The first kappa shape index (κ1) is 19.1. The first-order valence-electron chi connectivity index (χ1n) is 7.48. The number of hydrogen-bond acceptors (Lipinski definition) is 4. The van der Waals surface area contributed by atoms with Crippen LogP contribution in [-0.2, 0) is 11.2 Å². The first-order chi connectivity index (χ1) is 10.3. The van der Waals surface area contributed by atoms with Gasteiger partial charge in [0.25, 0.3) is 0 Å². The molecule has 4 nitrogen and oxygen atoms in total. The Morgan fingerprint density at radius 2 is 2.36 bits per heavy atom. The van der Waals surface area contributed by atoms with Crippen LogP contribution in [0, 0.1) is 0 Å². The Morgan fingerprint density at radius 1 is 1.50 bits per heavy atom. The van der Waals surface area contributed by atoms with Gasteiger partial charge >= 0.3 is 0 Å². The minimum absolute atomic E-state index is 0. The second-order valence-electron chi connectivity index (χ2n) is 5.24. The minimum Gasteiger partial charge on any atom is -0.497 e. The maximum Gasteiger partial charge on any atom is 0.221 e. The number of hydrogen-bond donors (Lipinski definition) is 2. The fraction of sp³-hybridized carbons (Fsp3) is 0.562. The predicted molar refractivity (Wildman–Crippen MR) is 95.3 cm³/mol. The van der Waals surface area contributed by atoms with Gasteiger partial charge in [-0.15, -0.1) is 12.4 Å². The summed E-state index contributed by atoms with van der Waals surface area (Å²) < 4.78 is 5.21. The first-order valence-corrected chi connectivity index (χ1v) is 8.64. The molecule has 0 saturated carbocycles. The number of ether oxygens (including phenoxy) is 1. The molecule has 1 saturated heterocycles. The lowest BCUT2D eigenvalue weighted by atomic mass is 10.1. The molecule has 0 bridgehead atoms. The zero-order chi connectivity index (χ0) is 14.9. The van der Waals surface area contributed by atoms with Crippen molar-refractivity contribution in [2.75, 3.05) is 31.7 Å². The van der Waals surface area contributed by atoms with Gasteiger partial charge in [-0.1, -0.05) is 12.1 Å². The molecular weight excluding hydrogens is 320 g/mol. The largest absolute Gasteiger partial charge is 0.497 e. The maximum atomic E-state index is 11.8. The molecule has 22 heavy (non-hydrogen) atoms. The monoisotopic (exact) mass is 344 g/mol. The van der Waals surface area contributed by atoms with E-state index in [9.17, 15) is 4.79 Å². The molecular formula is C16H25ClN2O2S. The molecule has 1 aromatic rings. The van der Waals surface area contributed by atoms with E-state index in [0.717, 1.165) is 43.2 Å². The van der Waals surface area contributed by atoms with Gasteiger partial charge in [0.1, 0.15) is 5.75 Å². The summed E-state index contributed by atoms with van der Waals surface area (Å²) >= 11 is 1.92. The highest BCUT2D eigenvalue weighted by Crippen LogP contribution is 2.13. The Bertz CT molecular complexity index is 454. The lowest BCUT2D eigenvalue weighted by Crippen LogP contribution is -2.41. The van der Waals surface area contributed by atoms with Gasteiger partial charge in [0.05, 0.1) is 7.11 Å². The fourth-order valence-corrected chi connectivity index (χ4v) is 3.34. The third kappa shape index (κ3) is 6.90. The van der Waals surface area contributed by atoms with Gasteiger partial charge in [-0.05, 0) is 30.5 Å². The van der Waals surface area contributed by atoms with E-state index in [1.54, 1.807) is 7.11 Å². The van der Waals surface area contributed by atoms with Crippen molar-refractivity contribution in [3.05, 3.63) is 29.8 Å². The molecule has 2 N–H and O–H groups in total. The van der Waals surface area contributed by atoms with E-state index >= 15 is 0 Å². The molecule has 1 unspecified atom stereocenters. The van der Waals surface area contributed by atoms with Gasteiger partial charge in [0.2, 0.25) is 5.91 Å². The lowest BCUT2D eigenvalue weighted by molar-refractivity contribution is -0.121. The normalized spacial score (nSPS) is 17.4. The molecule has 1 heterocycles. The van der Waals surface area contributed by atoms with Crippen LogP contribution in [-0.4, -0.2) is 43.7 Å². The SMILES string of the molecule is COc1cccc(CCCNC(=O)CC2CSCCN2)c1.Cl. The summed E-state index contributed by atoms with van der Waals surface area (Å²) in [5, 5.41) is 6.39. The Kier molecular flexibility index (Phi) is 9.36. The van der Waals surface area contributed by atoms with Crippen molar-refractivity contribution < 1.29 is 9.53 Å². The zero-order valence-electron chi connectivity index (χ0n) is 13.0. The number of amides is 1. The van der Waals surface area contributed by atoms with E-state index in [-0.39, 0.29) is 18.3 Å². The smallest absolute Gasteiger partial charge is 0.221 e. The number of rotatable bonds is 7. The topological polar surface area (TPSA) is 50.4 Å². The number of methoxy groups -OCH3 is 1. The van der Waals surface area contributed by atoms with Gasteiger partial charge in [-0.3, -0.25) is 4.79 Å². The van der Waals surface area contributed by atoms with Crippen LogP contribution in [0.5, 0.6) is 5.75 Å². The van der Waals surface area contributed by atoms with Crippen LogP contribution >= 0.6 is 24.2 Å². The van der Waals surface area contributed by atoms with Crippen molar-refractivity contribution in [2.45, 2.75) is 25.3 Å². The Labute approximate surface area is 143 Å². The molecule has 0 aromatic heterocycles. The van der Waals surface area contributed by atoms with Crippen LogP contribution in [0.4, 0.5) is 0 Å². The summed E-state index contributed by atoms with van der Waals surface area (Å²) in [4.78, 5) is 11.8. The lowest BCUT2D eigenvalue weighted by Gasteiger charge is -2.22. The quantitative estimate of drug-likeness (QED) is 0.745. The van der Waals surface area contributed by atoms with Crippen LogP contribution in [0.3, 0.4) is 0 Å². The summed E-state index contributed by atoms with van der Waals surface area (Å²) in [7, 11) is 1.68. The van der Waals surface area contributed by atoms with Gasteiger partial charge in [0, 0.05) is 37.1 Å². The highest BCUT2D eigenvalue weighted by atomic mass is 35.5. The van der Waals surface area contributed by atoms with Crippen molar-refractivity contribution >= 4 is 30.1 Å². The Morgan fingerprint density at radius 3 is 3.09 bits per heavy atom. The van der Waals surface area contributed by atoms with Gasteiger partial charge in [0.15, 0.2) is 0 Å². The molecule has 1 atom stereocenters. The highest BCUT2D eigenvalue weighted by Gasteiger charge is 2.16. The minimum atomic E-state index is 0. The van der Waals surface area contributed by atoms with Crippen LogP contribution in [0.15, 0.2) is 24.3 Å². The Hall–Kier alpha value is -0.910. The van der Waals surface area contributed by atoms with Gasteiger partial charge < -0.3 is 15.4 Å². The van der Waals surface area contributed by atoms with E-state index in [2.05, 4.69) is 16.7 Å². The molecule has 6 heteroatoms. The third-order valence-electron chi connectivity index (χ3n) is 3.53. The molecule has 0 aliphatic carbocycles. The fourth-order valence-electron chi connectivity index (χ4n) is 2.40. The standard InChI is InChI=1S/C16H24N2O2S.ClH/c1-20-15-6-2-4-13(10-15)5-3-7-18-16(19)11-14-12-21-9-8-17-14;/h2,4,6,10,14,17H,3,5,7-9,11-12H2,1H3,(H,18,19);1H. The van der Waals surface area contributed by atoms with Crippen LogP contribution < -0.4 is 15.4 Å². The Balaban J connectivity index is 0.00000242. The van der Waals surface area contributed by atoms with E-state index in [1.807, 2.05) is 30.0 Å². The third-order valence-corrected chi connectivity index (χ3v) is 4.66. The molecule has 124 valence electrons. The van der Waals surface area contributed by atoms with Crippen molar-refractivity contribution in [3.8, 4) is 5.75 Å². The second kappa shape index (κ2) is 10.8. The summed E-state index contributed by atoms with van der Waals surface area (Å²) in [6.07, 6.45) is 2.49. The molecule has 1 aliphatic heterocycles. The molecule has 1 fully saturated rings. The summed E-state index contributed by atoms with van der Waals surface area (Å²) in [5.74, 6) is 3.23. The van der Waals surface area contributed by atoms with E-state index in [1.165, 1.54) is 5.56 Å². The van der Waals surface area contributed by atoms with E-state index in [4.69, 9.17) is 4.74 Å². The molecule has 1 aliphatic rings. The summed E-state index contributed by atoms with van der Waals surface area (Å²) in [5.41, 5.74) is 1.24. The number of thioether (sulfide) groups is 1. The van der Waals surface area contributed by atoms with Crippen LogP contribution in [0.25, 0.3) is 0 Å². The average molecular weight is 345 g/mol.